The van der Waals surface area contributed by atoms with Crippen molar-refractivity contribution in [3.05, 3.63) is 89.5 Å². The number of para-hydroxylation sites is 1. The molecule has 1 amide bonds. The smallest absolute Gasteiger partial charge is 0.406 e. The molecule has 3 aromatic rings. The SMILES string of the molecule is CN1C(=O)c2ccccc2C(N2CCCC(NS(=N)(=O)c3ccc(OC(F)(F)F)cc3)C2)c2ccccc21. The minimum Gasteiger partial charge on any atom is -0.406 e. The normalized spacial score (nSPS) is 21.7. The number of hydrogen-bond acceptors (Lipinski definition) is 5. The Balaban J connectivity index is 1.41. The zero-order valence-corrected chi connectivity index (χ0v) is 21.4. The number of nitrogens with one attached hydrogen (secondary N) is 2. The molecule has 0 radical (unpaired) electrons. The number of amides is 1. The van der Waals surface area contributed by atoms with Crippen molar-refractivity contribution in [1.29, 1.82) is 4.78 Å². The van der Waals surface area contributed by atoms with Crippen LogP contribution in [0.15, 0.2) is 77.7 Å². The van der Waals surface area contributed by atoms with Crippen LogP contribution >= 0.6 is 0 Å². The lowest BCUT2D eigenvalue weighted by atomic mass is 9.91. The monoisotopic (exact) mass is 544 g/mol. The molecule has 0 bridgehead atoms. The second-order valence-electron chi connectivity index (χ2n) is 9.44. The number of carbonyl (C=O) groups is 1. The van der Waals surface area contributed by atoms with Gasteiger partial charge in [-0.2, -0.15) is 0 Å². The maximum atomic E-state index is 13.3. The zero-order valence-electron chi connectivity index (χ0n) is 20.6. The van der Waals surface area contributed by atoms with Gasteiger partial charge in [0.15, 0.2) is 0 Å². The lowest BCUT2D eigenvalue weighted by Gasteiger charge is -2.39. The average Bonchev–Trinajstić information content (AvgIpc) is 2.96. The number of halogens is 3. The fourth-order valence-corrected chi connectivity index (χ4v) is 6.60. The quantitative estimate of drug-likeness (QED) is 0.454. The van der Waals surface area contributed by atoms with Crippen molar-refractivity contribution >= 4 is 21.5 Å². The van der Waals surface area contributed by atoms with Gasteiger partial charge in [-0.1, -0.05) is 36.4 Å². The summed E-state index contributed by atoms with van der Waals surface area (Å²) in [5, 5.41) is 0. The number of anilines is 1. The van der Waals surface area contributed by atoms with Crippen LogP contribution in [-0.2, 0) is 9.92 Å². The fraction of sp³-hybridized carbons (Fsp3) is 0.296. The summed E-state index contributed by atoms with van der Waals surface area (Å²) in [5.74, 6) is -0.528. The molecule has 1 fully saturated rings. The Kier molecular flexibility index (Phi) is 6.93. The van der Waals surface area contributed by atoms with Crippen LogP contribution in [0.1, 0.15) is 40.4 Å². The first-order valence-corrected chi connectivity index (χ1v) is 13.7. The molecule has 2 aliphatic rings. The van der Waals surface area contributed by atoms with E-state index in [1.807, 2.05) is 48.5 Å². The number of carbonyl (C=O) groups excluding carboxylic acids is 1. The van der Waals surface area contributed by atoms with Gasteiger partial charge >= 0.3 is 6.36 Å². The van der Waals surface area contributed by atoms with Gasteiger partial charge in [-0.25, -0.2) is 13.7 Å². The largest absolute Gasteiger partial charge is 0.573 e. The highest BCUT2D eigenvalue weighted by molar-refractivity contribution is 7.90. The summed E-state index contributed by atoms with van der Waals surface area (Å²) < 4.78 is 66.0. The van der Waals surface area contributed by atoms with E-state index in [4.69, 9.17) is 4.78 Å². The first kappa shape index (κ1) is 26.2. The molecule has 2 heterocycles. The molecule has 3 unspecified atom stereocenters. The first-order chi connectivity index (χ1) is 18.0. The van der Waals surface area contributed by atoms with Crippen molar-refractivity contribution in [3.8, 4) is 5.75 Å². The van der Waals surface area contributed by atoms with E-state index in [9.17, 15) is 22.2 Å². The predicted octanol–water partition coefficient (Wildman–Crippen LogP) is 5.34. The molecule has 0 saturated carbocycles. The summed E-state index contributed by atoms with van der Waals surface area (Å²) in [5.41, 5.74) is 3.32. The van der Waals surface area contributed by atoms with Crippen molar-refractivity contribution in [1.82, 2.24) is 9.62 Å². The molecule has 2 aliphatic heterocycles. The van der Waals surface area contributed by atoms with Gasteiger partial charge in [-0.05, 0) is 66.9 Å². The maximum absolute atomic E-state index is 13.3. The molecule has 200 valence electrons. The number of ether oxygens (including phenoxy) is 1. The predicted molar refractivity (Wildman–Crippen MR) is 137 cm³/mol. The topological polar surface area (TPSA) is 85.7 Å². The summed E-state index contributed by atoms with van der Waals surface area (Å²) in [7, 11) is -1.73. The highest BCUT2D eigenvalue weighted by Gasteiger charge is 2.36. The Morgan fingerprint density at radius 3 is 2.37 bits per heavy atom. The number of rotatable bonds is 5. The van der Waals surface area contributed by atoms with Crippen LogP contribution in [-0.4, -0.2) is 47.6 Å². The average molecular weight is 545 g/mol. The standard InChI is InChI=1S/C27H27F3N4O3S/c1-33-24-11-5-4-10-23(24)25(21-8-2-3-9-22(21)26(33)35)34-16-6-7-18(17-34)32-38(31,36)20-14-12-19(13-15-20)37-27(28,29)30/h2-5,8-15,18,25H,6-7,16-17H2,1H3,(H2,31,32,36). The molecule has 11 heteroatoms. The molecule has 2 N–H and O–H groups in total. The molecular weight excluding hydrogens is 517 g/mol. The van der Waals surface area contributed by atoms with Gasteiger partial charge in [0.1, 0.15) is 15.7 Å². The van der Waals surface area contributed by atoms with Gasteiger partial charge in [0.25, 0.3) is 5.91 Å². The van der Waals surface area contributed by atoms with Crippen molar-refractivity contribution < 1.29 is 26.9 Å². The van der Waals surface area contributed by atoms with Crippen LogP contribution in [0, 0.1) is 4.78 Å². The summed E-state index contributed by atoms with van der Waals surface area (Å²) in [6.45, 7) is 1.21. The zero-order chi connectivity index (χ0) is 27.1. The molecule has 1 saturated heterocycles. The van der Waals surface area contributed by atoms with E-state index in [-0.39, 0.29) is 22.9 Å². The third kappa shape index (κ3) is 5.27. The number of nitrogens with zero attached hydrogens (tertiary/aromatic N) is 2. The van der Waals surface area contributed by atoms with Crippen molar-refractivity contribution in [2.75, 3.05) is 25.0 Å². The molecule has 7 nitrogen and oxygen atoms in total. The number of benzene rings is 3. The molecule has 3 aromatic carbocycles. The maximum Gasteiger partial charge on any atom is 0.573 e. The van der Waals surface area contributed by atoms with E-state index in [0.717, 1.165) is 41.9 Å². The minimum absolute atomic E-state index is 0.0709. The summed E-state index contributed by atoms with van der Waals surface area (Å²) in [6.07, 6.45) is -3.38. The van der Waals surface area contributed by atoms with Gasteiger partial charge in [0.05, 0.1) is 10.9 Å². The first-order valence-electron chi connectivity index (χ1n) is 12.2. The van der Waals surface area contributed by atoms with E-state index < -0.39 is 22.0 Å². The van der Waals surface area contributed by atoms with Crippen LogP contribution in [0.25, 0.3) is 0 Å². The van der Waals surface area contributed by atoms with Gasteiger partial charge in [-0.15, -0.1) is 13.2 Å². The lowest BCUT2D eigenvalue weighted by Crippen LogP contribution is -2.48. The molecule has 5 rings (SSSR count). The molecule has 0 spiro atoms. The lowest BCUT2D eigenvalue weighted by molar-refractivity contribution is -0.274. The summed E-state index contributed by atoms with van der Waals surface area (Å²) in [4.78, 5) is 17.3. The second-order valence-corrected chi connectivity index (χ2v) is 11.3. The van der Waals surface area contributed by atoms with Crippen LogP contribution in [0.5, 0.6) is 5.75 Å². The Labute approximate surface area is 219 Å². The van der Waals surface area contributed by atoms with Crippen LogP contribution in [0.4, 0.5) is 18.9 Å². The molecular formula is C27H27F3N4O3S. The Bertz CT molecular complexity index is 1440. The Morgan fingerprint density at radius 1 is 1.00 bits per heavy atom. The van der Waals surface area contributed by atoms with E-state index in [1.54, 1.807) is 11.9 Å². The molecule has 0 aliphatic carbocycles. The molecule has 0 aromatic heterocycles. The Morgan fingerprint density at radius 2 is 1.66 bits per heavy atom. The number of likely N-dealkylation sites (tertiary alicyclic amines) is 1. The molecule has 38 heavy (non-hydrogen) atoms. The van der Waals surface area contributed by atoms with E-state index in [1.165, 1.54) is 12.1 Å². The fourth-order valence-electron chi connectivity index (χ4n) is 5.28. The second kappa shape index (κ2) is 10.0. The highest BCUT2D eigenvalue weighted by Crippen LogP contribution is 2.41. The summed E-state index contributed by atoms with van der Waals surface area (Å²) in [6, 6.07) is 19.3. The van der Waals surface area contributed by atoms with Gasteiger partial charge < -0.3 is 9.64 Å². The number of hydrogen-bond donors (Lipinski definition) is 2. The van der Waals surface area contributed by atoms with Crippen molar-refractivity contribution in [2.45, 2.75) is 36.2 Å². The Hall–Kier alpha value is -3.41. The number of fused-ring (bicyclic) bond motifs is 2. The summed E-state index contributed by atoms with van der Waals surface area (Å²) >= 11 is 0. The van der Waals surface area contributed by atoms with Gasteiger partial charge in [-0.3, -0.25) is 9.69 Å². The van der Waals surface area contributed by atoms with Crippen molar-refractivity contribution in [2.24, 2.45) is 0 Å². The van der Waals surface area contributed by atoms with Crippen LogP contribution in [0.2, 0.25) is 0 Å². The van der Waals surface area contributed by atoms with Gasteiger partial charge in [0.2, 0.25) is 0 Å². The number of piperidine rings is 1. The molecule has 3 atom stereocenters. The number of alkyl halides is 3. The van der Waals surface area contributed by atoms with E-state index >= 15 is 0 Å². The van der Waals surface area contributed by atoms with E-state index in [0.29, 0.717) is 18.5 Å². The third-order valence-corrected chi connectivity index (χ3v) is 8.52. The highest BCUT2D eigenvalue weighted by atomic mass is 32.2. The van der Waals surface area contributed by atoms with Crippen LogP contribution < -0.4 is 14.4 Å². The van der Waals surface area contributed by atoms with Gasteiger partial charge in [0, 0.05) is 30.9 Å². The van der Waals surface area contributed by atoms with Crippen LogP contribution in [0.3, 0.4) is 0 Å². The van der Waals surface area contributed by atoms with Crippen molar-refractivity contribution in [3.63, 3.8) is 0 Å². The van der Waals surface area contributed by atoms with E-state index in [2.05, 4.69) is 14.4 Å². The minimum atomic E-state index is -4.83. The third-order valence-electron chi connectivity index (χ3n) is 6.92.